The summed E-state index contributed by atoms with van der Waals surface area (Å²) in [5.74, 6) is -0.506. The fraction of sp³-hybridized carbons (Fsp3) is 0.0833. The zero-order valence-electron chi connectivity index (χ0n) is 16.8. The van der Waals surface area contributed by atoms with Gasteiger partial charge in [-0.3, -0.25) is 9.78 Å². The summed E-state index contributed by atoms with van der Waals surface area (Å²) in [7, 11) is -3.89. The van der Waals surface area contributed by atoms with E-state index in [0.717, 1.165) is 16.5 Å². The molecule has 8 heteroatoms. The Morgan fingerprint density at radius 2 is 1.72 bits per heavy atom. The van der Waals surface area contributed by atoms with E-state index in [2.05, 4.69) is 4.98 Å². The van der Waals surface area contributed by atoms with Crippen molar-refractivity contribution in [3.63, 3.8) is 0 Å². The van der Waals surface area contributed by atoms with Crippen LogP contribution in [0.25, 0.3) is 10.9 Å². The zero-order valence-corrected chi connectivity index (χ0v) is 17.7. The number of aliphatic hydroxyl groups is 1. The van der Waals surface area contributed by atoms with Gasteiger partial charge in [0.1, 0.15) is 0 Å². The highest BCUT2D eigenvalue weighted by molar-refractivity contribution is 7.89. The molecule has 7 nitrogen and oxygen atoms in total. The number of aromatic nitrogens is 1. The summed E-state index contributed by atoms with van der Waals surface area (Å²) in [5, 5.41) is 17.7. The van der Waals surface area contributed by atoms with Crippen molar-refractivity contribution in [2.24, 2.45) is 5.14 Å². The molecule has 2 heterocycles. The number of benzene rings is 3. The maximum atomic E-state index is 13.6. The van der Waals surface area contributed by atoms with Gasteiger partial charge in [-0.1, -0.05) is 42.5 Å². The standard InChI is InChI=1S/C24H19N3O4S/c25-32(30,31)19-10-8-18(9-11-19)24(29)20-5-1-2-6-22(20)27(23(24)28)15-16-7-12-21-17(14-16)4-3-13-26-21/h1-14,29H,15H2,(H2,25,30,31). The first-order chi connectivity index (χ1) is 15.3. The third-order valence-electron chi connectivity index (χ3n) is 5.75. The predicted molar refractivity (Wildman–Crippen MR) is 120 cm³/mol. The molecule has 1 atom stereocenters. The lowest BCUT2D eigenvalue weighted by molar-refractivity contribution is -0.132. The van der Waals surface area contributed by atoms with Gasteiger partial charge in [-0.25, -0.2) is 13.6 Å². The summed E-state index contributed by atoms with van der Waals surface area (Å²) in [4.78, 5) is 19.3. The number of carbonyl (C=O) groups excluding carboxylic acids is 1. The van der Waals surface area contributed by atoms with Crippen molar-refractivity contribution in [1.29, 1.82) is 0 Å². The highest BCUT2D eigenvalue weighted by atomic mass is 32.2. The Morgan fingerprint density at radius 3 is 2.47 bits per heavy atom. The lowest BCUT2D eigenvalue weighted by atomic mass is 9.87. The molecule has 0 saturated carbocycles. The van der Waals surface area contributed by atoms with Gasteiger partial charge in [-0.05, 0) is 47.5 Å². The normalized spacial score (nSPS) is 18.2. The minimum absolute atomic E-state index is 0.0924. The van der Waals surface area contributed by atoms with Crippen LogP contribution in [-0.2, 0) is 27.0 Å². The van der Waals surface area contributed by atoms with Crippen molar-refractivity contribution in [2.45, 2.75) is 17.0 Å². The van der Waals surface area contributed by atoms with Crippen LogP contribution in [-0.4, -0.2) is 24.4 Å². The molecule has 3 aromatic carbocycles. The molecule has 0 aliphatic carbocycles. The van der Waals surface area contributed by atoms with E-state index in [4.69, 9.17) is 5.14 Å². The van der Waals surface area contributed by atoms with E-state index in [1.54, 1.807) is 35.4 Å². The van der Waals surface area contributed by atoms with E-state index in [1.165, 1.54) is 24.3 Å². The van der Waals surface area contributed by atoms with Crippen LogP contribution in [0.15, 0.2) is 90.0 Å². The van der Waals surface area contributed by atoms with Gasteiger partial charge >= 0.3 is 0 Å². The second kappa shape index (κ2) is 7.23. The molecule has 4 aromatic rings. The quantitative estimate of drug-likeness (QED) is 0.501. The van der Waals surface area contributed by atoms with Crippen LogP contribution in [0.2, 0.25) is 0 Å². The molecule has 0 radical (unpaired) electrons. The van der Waals surface area contributed by atoms with Gasteiger partial charge in [0.05, 0.1) is 22.6 Å². The number of carbonyl (C=O) groups is 1. The molecule has 32 heavy (non-hydrogen) atoms. The fourth-order valence-electron chi connectivity index (χ4n) is 4.16. The summed E-state index contributed by atoms with van der Waals surface area (Å²) in [6, 6.07) is 22.0. The molecule has 0 saturated heterocycles. The smallest absolute Gasteiger partial charge is 0.268 e. The van der Waals surface area contributed by atoms with Gasteiger partial charge in [0.2, 0.25) is 10.0 Å². The molecule has 160 valence electrons. The first-order valence-electron chi connectivity index (χ1n) is 9.89. The van der Waals surface area contributed by atoms with Crippen molar-refractivity contribution in [2.75, 3.05) is 4.90 Å². The maximum absolute atomic E-state index is 13.6. The van der Waals surface area contributed by atoms with Gasteiger partial charge < -0.3 is 10.0 Å². The van der Waals surface area contributed by atoms with Crippen molar-refractivity contribution in [3.8, 4) is 0 Å². The van der Waals surface area contributed by atoms with Crippen LogP contribution in [0.3, 0.4) is 0 Å². The number of nitrogens with two attached hydrogens (primary N) is 1. The first-order valence-corrected chi connectivity index (χ1v) is 11.4. The summed E-state index contributed by atoms with van der Waals surface area (Å²) in [6.45, 7) is 0.262. The van der Waals surface area contributed by atoms with Crippen LogP contribution in [0, 0.1) is 0 Å². The Labute approximate surface area is 184 Å². The number of sulfonamides is 1. The molecule has 1 aliphatic rings. The molecule has 3 N–H and O–H groups in total. The number of hydrogen-bond donors (Lipinski definition) is 2. The monoisotopic (exact) mass is 445 g/mol. The Bertz CT molecular complexity index is 1470. The second-order valence-electron chi connectivity index (χ2n) is 7.72. The van der Waals surface area contributed by atoms with Crippen LogP contribution < -0.4 is 10.0 Å². The van der Waals surface area contributed by atoms with Gasteiger partial charge in [-0.15, -0.1) is 0 Å². The highest BCUT2D eigenvalue weighted by Crippen LogP contribution is 2.45. The average Bonchev–Trinajstić information content (AvgIpc) is 3.01. The van der Waals surface area contributed by atoms with E-state index in [9.17, 15) is 18.3 Å². The third-order valence-corrected chi connectivity index (χ3v) is 6.68. The largest absolute Gasteiger partial charge is 0.372 e. The van der Waals surface area contributed by atoms with E-state index >= 15 is 0 Å². The molecule has 0 bridgehead atoms. The zero-order chi connectivity index (χ0) is 22.5. The number of fused-ring (bicyclic) bond motifs is 2. The summed E-state index contributed by atoms with van der Waals surface area (Å²) >= 11 is 0. The Morgan fingerprint density at radius 1 is 0.969 bits per heavy atom. The lowest BCUT2D eigenvalue weighted by Gasteiger charge is -2.24. The molecule has 0 fully saturated rings. The number of nitrogens with zero attached hydrogens (tertiary/aromatic N) is 2. The first kappa shape index (κ1) is 20.3. The van der Waals surface area contributed by atoms with Crippen molar-refractivity contribution < 1.29 is 18.3 Å². The summed E-state index contributed by atoms with van der Waals surface area (Å²) < 4.78 is 23.2. The molecule has 1 unspecified atom stereocenters. The number of primary sulfonamides is 1. The van der Waals surface area contributed by atoms with Crippen molar-refractivity contribution >= 4 is 32.5 Å². The SMILES string of the molecule is NS(=O)(=O)c1ccc(C2(O)C(=O)N(Cc3ccc4ncccc4c3)c3ccccc32)cc1. The van der Waals surface area contributed by atoms with Crippen LogP contribution in [0.1, 0.15) is 16.7 Å². The number of rotatable bonds is 4. The number of para-hydroxylation sites is 1. The van der Waals surface area contributed by atoms with Crippen LogP contribution in [0.5, 0.6) is 0 Å². The number of amides is 1. The van der Waals surface area contributed by atoms with Gasteiger partial charge in [0.25, 0.3) is 5.91 Å². The summed E-state index contributed by atoms with van der Waals surface area (Å²) in [5.41, 5.74) is 1.12. The topological polar surface area (TPSA) is 114 Å². The lowest BCUT2D eigenvalue weighted by Crippen LogP contribution is -2.40. The predicted octanol–water partition coefficient (Wildman–Crippen LogP) is 2.66. The summed E-state index contributed by atoms with van der Waals surface area (Å²) in [6.07, 6.45) is 1.73. The third kappa shape index (κ3) is 3.16. The molecule has 0 spiro atoms. The minimum Gasteiger partial charge on any atom is -0.372 e. The van der Waals surface area contributed by atoms with Gasteiger partial charge in [-0.2, -0.15) is 0 Å². The second-order valence-corrected chi connectivity index (χ2v) is 9.28. The average molecular weight is 446 g/mol. The molecular formula is C24H19N3O4S. The Hall–Kier alpha value is -3.59. The fourth-order valence-corrected chi connectivity index (χ4v) is 4.68. The van der Waals surface area contributed by atoms with E-state index in [0.29, 0.717) is 11.3 Å². The highest BCUT2D eigenvalue weighted by Gasteiger charge is 2.50. The maximum Gasteiger partial charge on any atom is 0.268 e. The Kier molecular flexibility index (Phi) is 4.59. The Balaban J connectivity index is 1.57. The molecular weight excluding hydrogens is 426 g/mol. The minimum atomic E-state index is -3.89. The molecule has 5 rings (SSSR count). The molecule has 1 aromatic heterocycles. The van der Waals surface area contributed by atoms with Crippen LogP contribution in [0.4, 0.5) is 5.69 Å². The van der Waals surface area contributed by atoms with E-state index in [-0.39, 0.29) is 17.0 Å². The number of hydrogen-bond acceptors (Lipinski definition) is 5. The number of pyridine rings is 1. The van der Waals surface area contributed by atoms with Gasteiger partial charge in [0.15, 0.2) is 5.60 Å². The number of anilines is 1. The van der Waals surface area contributed by atoms with E-state index in [1.807, 2.05) is 30.3 Å². The van der Waals surface area contributed by atoms with Crippen molar-refractivity contribution in [3.05, 3.63) is 102 Å². The molecule has 1 amide bonds. The van der Waals surface area contributed by atoms with E-state index < -0.39 is 21.5 Å². The van der Waals surface area contributed by atoms with Gasteiger partial charge in [0, 0.05) is 17.1 Å². The van der Waals surface area contributed by atoms with Crippen LogP contribution >= 0.6 is 0 Å². The van der Waals surface area contributed by atoms with Crippen molar-refractivity contribution in [1.82, 2.24) is 4.98 Å². The molecule has 1 aliphatic heterocycles.